The maximum absolute atomic E-state index is 6.37. The van der Waals surface area contributed by atoms with Crippen molar-refractivity contribution in [3.8, 4) is 34.0 Å². The molecule has 2 aromatic heterocycles. The molecule has 0 aliphatic heterocycles. The summed E-state index contributed by atoms with van der Waals surface area (Å²) in [7, 11) is 0. The van der Waals surface area contributed by atoms with Gasteiger partial charge in [0.25, 0.3) is 0 Å². The zero-order valence-corrected chi connectivity index (χ0v) is 25.6. The number of hydrogen-bond acceptors (Lipinski definition) is 4. The number of rotatable bonds is 5. The fourth-order valence-electron chi connectivity index (χ4n) is 6.97. The molecule has 9 rings (SSSR count). The van der Waals surface area contributed by atoms with Crippen LogP contribution in [0.5, 0.6) is 0 Å². The third-order valence-electron chi connectivity index (χ3n) is 9.21. The van der Waals surface area contributed by atoms with E-state index < -0.39 is 0 Å². The van der Waals surface area contributed by atoms with Crippen LogP contribution >= 0.6 is 0 Å². The molecular weight excluding hydrogens is 574 g/mol. The van der Waals surface area contributed by atoms with Crippen LogP contribution in [0.25, 0.3) is 66.7 Å². The standard InChI is InChI=1S/C43H29N3O/c1-2-14-30(15-3-1)40-27-45-43(47-40)38-25-24-35(33-20-8-9-21-34(33)38)39-26-44-42(37-23-11-17-29-13-5-7-19-32(29)37)46-41(39)36-22-10-16-28-12-4-6-18-31(28)36/h1-23,26-27H,24-25H2. The summed E-state index contributed by atoms with van der Waals surface area (Å²) in [5.41, 5.74) is 7.48. The van der Waals surface area contributed by atoms with Gasteiger partial charge in [0, 0.05) is 34.0 Å². The molecule has 0 fully saturated rings. The van der Waals surface area contributed by atoms with Crippen LogP contribution in [0.2, 0.25) is 0 Å². The lowest BCUT2D eigenvalue weighted by Crippen LogP contribution is -2.33. The van der Waals surface area contributed by atoms with Crippen molar-refractivity contribution in [2.24, 2.45) is 0 Å². The summed E-state index contributed by atoms with van der Waals surface area (Å²) in [5.74, 6) is 2.17. The van der Waals surface area contributed by atoms with Gasteiger partial charge in [-0.2, -0.15) is 0 Å². The van der Waals surface area contributed by atoms with Crippen LogP contribution in [0.4, 0.5) is 0 Å². The van der Waals surface area contributed by atoms with Crippen molar-refractivity contribution in [1.82, 2.24) is 15.0 Å². The molecule has 0 unspecified atom stereocenters. The van der Waals surface area contributed by atoms with Crippen LogP contribution in [0.1, 0.15) is 24.3 Å². The molecule has 2 heterocycles. The summed E-state index contributed by atoms with van der Waals surface area (Å²) in [6.07, 6.45) is 5.47. The summed E-state index contributed by atoms with van der Waals surface area (Å²) in [5, 5.41) is 6.97. The van der Waals surface area contributed by atoms with Gasteiger partial charge in [-0.3, -0.25) is 0 Å². The van der Waals surface area contributed by atoms with Gasteiger partial charge in [0.1, 0.15) is 0 Å². The molecule has 0 saturated heterocycles. The lowest BCUT2D eigenvalue weighted by molar-refractivity contribution is 0.551. The van der Waals surface area contributed by atoms with Gasteiger partial charge in [0.15, 0.2) is 11.6 Å². The highest BCUT2D eigenvalue weighted by Crippen LogP contribution is 2.37. The van der Waals surface area contributed by atoms with Crippen molar-refractivity contribution in [3.05, 3.63) is 174 Å². The molecule has 4 heteroatoms. The Kier molecular flexibility index (Phi) is 6.57. The summed E-state index contributed by atoms with van der Waals surface area (Å²) in [4.78, 5) is 15.2. The minimum absolute atomic E-state index is 0.673. The Morgan fingerprint density at radius 3 is 1.83 bits per heavy atom. The molecule has 8 aromatic rings. The summed E-state index contributed by atoms with van der Waals surface area (Å²) < 4.78 is 6.37. The van der Waals surface area contributed by atoms with Crippen molar-refractivity contribution in [1.29, 1.82) is 0 Å². The summed E-state index contributed by atoms with van der Waals surface area (Å²) in [6, 6.07) is 48.5. The molecule has 222 valence electrons. The van der Waals surface area contributed by atoms with Gasteiger partial charge < -0.3 is 4.42 Å². The summed E-state index contributed by atoms with van der Waals surface area (Å²) in [6.45, 7) is 0. The van der Waals surface area contributed by atoms with E-state index in [-0.39, 0.29) is 0 Å². The van der Waals surface area contributed by atoms with E-state index in [1.165, 1.54) is 21.7 Å². The van der Waals surface area contributed by atoms with Gasteiger partial charge in [-0.05, 0) is 50.4 Å². The Morgan fingerprint density at radius 1 is 0.468 bits per heavy atom. The first-order valence-electron chi connectivity index (χ1n) is 16.0. The number of hydrogen-bond donors (Lipinski definition) is 0. The molecule has 4 nitrogen and oxygen atoms in total. The zero-order valence-electron chi connectivity index (χ0n) is 25.6. The monoisotopic (exact) mass is 603 g/mol. The maximum Gasteiger partial charge on any atom is 0.223 e. The molecule has 0 N–H and O–H groups in total. The summed E-state index contributed by atoms with van der Waals surface area (Å²) >= 11 is 0. The van der Waals surface area contributed by atoms with Crippen LogP contribution in [0.15, 0.2) is 156 Å². The molecule has 0 saturated carbocycles. The number of oxazole rings is 1. The van der Waals surface area contributed by atoms with E-state index in [0.717, 1.165) is 73.8 Å². The second-order valence-corrected chi connectivity index (χ2v) is 11.9. The number of aromatic nitrogens is 3. The molecule has 0 spiro atoms. The van der Waals surface area contributed by atoms with Crippen molar-refractivity contribution in [2.75, 3.05) is 0 Å². The highest BCUT2D eigenvalue weighted by atomic mass is 16.4. The van der Waals surface area contributed by atoms with Gasteiger partial charge in [-0.1, -0.05) is 140 Å². The predicted molar refractivity (Wildman–Crippen MR) is 190 cm³/mol. The van der Waals surface area contributed by atoms with Gasteiger partial charge in [-0.25, -0.2) is 15.0 Å². The fraction of sp³-hybridized carbons (Fsp3) is 0.0465. The van der Waals surface area contributed by atoms with E-state index >= 15 is 0 Å². The molecule has 0 atom stereocenters. The number of nitrogens with zero attached hydrogens (tertiary/aromatic N) is 3. The van der Waals surface area contributed by atoms with Crippen LogP contribution in [0, 0.1) is 0 Å². The van der Waals surface area contributed by atoms with E-state index in [4.69, 9.17) is 19.4 Å². The van der Waals surface area contributed by atoms with Crippen molar-refractivity contribution < 1.29 is 4.42 Å². The normalized spacial score (nSPS) is 12.9. The van der Waals surface area contributed by atoms with E-state index in [0.29, 0.717) is 5.89 Å². The Morgan fingerprint density at radius 2 is 1.06 bits per heavy atom. The second kappa shape index (κ2) is 11.3. The van der Waals surface area contributed by atoms with E-state index in [1.807, 2.05) is 42.7 Å². The molecule has 0 radical (unpaired) electrons. The third kappa shape index (κ3) is 4.74. The Bertz CT molecular complexity index is 2570. The average Bonchev–Trinajstić information content (AvgIpc) is 3.64. The van der Waals surface area contributed by atoms with E-state index in [9.17, 15) is 0 Å². The zero-order chi connectivity index (χ0) is 31.2. The predicted octanol–water partition coefficient (Wildman–Crippen LogP) is 8.96. The fourth-order valence-corrected chi connectivity index (χ4v) is 6.97. The Balaban J connectivity index is 1.29. The number of fused-ring (bicyclic) bond motifs is 3. The Labute approximate surface area is 272 Å². The molecule has 0 amide bonds. The lowest BCUT2D eigenvalue weighted by Gasteiger charge is -2.19. The first-order valence-corrected chi connectivity index (χ1v) is 16.0. The van der Waals surface area contributed by atoms with E-state index in [1.54, 1.807) is 0 Å². The first kappa shape index (κ1) is 27.2. The van der Waals surface area contributed by atoms with Crippen LogP contribution in [-0.4, -0.2) is 15.0 Å². The molecule has 1 aliphatic carbocycles. The van der Waals surface area contributed by atoms with Gasteiger partial charge >= 0.3 is 0 Å². The SMILES string of the molecule is c1ccc(-c2cnc(C3=c4ccccc4=C(c4cnc(-c5cccc6ccccc56)nc4-c4cccc5ccccc45)CC3)o2)cc1. The quantitative estimate of drug-likeness (QED) is 0.197. The van der Waals surface area contributed by atoms with Gasteiger partial charge in [0.05, 0.1) is 11.9 Å². The lowest BCUT2D eigenvalue weighted by atomic mass is 9.87. The number of benzene rings is 6. The highest BCUT2D eigenvalue weighted by molar-refractivity contribution is 6.00. The Hall–Kier alpha value is -6.13. The van der Waals surface area contributed by atoms with Crippen molar-refractivity contribution in [3.63, 3.8) is 0 Å². The topological polar surface area (TPSA) is 51.8 Å². The molecule has 47 heavy (non-hydrogen) atoms. The van der Waals surface area contributed by atoms with E-state index in [2.05, 4.69) is 109 Å². The van der Waals surface area contributed by atoms with Gasteiger partial charge in [0.2, 0.25) is 5.89 Å². The molecular formula is C43H29N3O. The smallest absolute Gasteiger partial charge is 0.223 e. The second-order valence-electron chi connectivity index (χ2n) is 11.9. The van der Waals surface area contributed by atoms with Gasteiger partial charge in [-0.15, -0.1) is 0 Å². The maximum atomic E-state index is 6.37. The van der Waals surface area contributed by atoms with Crippen LogP contribution in [-0.2, 0) is 0 Å². The van der Waals surface area contributed by atoms with Crippen molar-refractivity contribution >= 4 is 32.7 Å². The molecule has 0 bridgehead atoms. The molecule has 6 aromatic carbocycles. The van der Waals surface area contributed by atoms with Crippen molar-refractivity contribution in [2.45, 2.75) is 12.8 Å². The average molecular weight is 604 g/mol. The largest absolute Gasteiger partial charge is 0.436 e. The minimum Gasteiger partial charge on any atom is -0.436 e. The minimum atomic E-state index is 0.673. The molecule has 1 aliphatic rings. The van der Waals surface area contributed by atoms with Crippen LogP contribution < -0.4 is 10.4 Å². The third-order valence-corrected chi connectivity index (χ3v) is 9.21. The highest BCUT2D eigenvalue weighted by Gasteiger charge is 2.23. The van der Waals surface area contributed by atoms with Crippen LogP contribution in [0.3, 0.4) is 0 Å². The first-order chi connectivity index (χ1) is 23.3.